The number of methoxy groups -OCH3 is 1. The van der Waals surface area contributed by atoms with Gasteiger partial charge in [-0.2, -0.15) is 0 Å². The molecule has 0 aromatic heterocycles. The van der Waals surface area contributed by atoms with Crippen molar-refractivity contribution in [3.8, 4) is 5.75 Å². The van der Waals surface area contributed by atoms with Crippen LogP contribution < -0.4 is 4.74 Å². The van der Waals surface area contributed by atoms with E-state index in [1.165, 1.54) is 0 Å². The number of benzene rings is 1. The lowest BCUT2D eigenvalue weighted by molar-refractivity contribution is -0.254. The summed E-state index contributed by atoms with van der Waals surface area (Å²) in [7, 11) is 1.61. The lowest BCUT2D eigenvalue weighted by Crippen LogP contribution is -2.42. The standard InChI is InChI=1S/C19H26O6/c1-6-15-16(22-12-17(20)25-19(2,3)4)11-23-18(24-15)13-7-9-14(21-5)10-8-13/h6-10,15-16,18H,1,11-12H2,2-5H3/t15-,16+,18+/m0/s1. The highest BCUT2D eigenvalue weighted by atomic mass is 16.7. The molecule has 2 rings (SSSR count). The Labute approximate surface area is 148 Å². The molecule has 25 heavy (non-hydrogen) atoms. The smallest absolute Gasteiger partial charge is 0.332 e. The molecule has 6 heteroatoms. The Morgan fingerprint density at radius 1 is 1.32 bits per heavy atom. The summed E-state index contributed by atoms with van der Waals surface area (Å²) in [6.07, 6.45) is 0.330. The van der Waals surface area contributed by atoms with Crippen molar-refractivity contribution in [3.05, 3.63) is 42.5 Å². The maximum absolute atomic E-state index is 11.8. The van der Waals surface area contributed by atoms with E-state index in [4.69, 9.17) is 23.7 Å². The van der Waals surface area contributed by atoms with E-state index in [0.717, 1.165) is 11.3 Å². The van der Waals surface area contributed by atoms with Gasteiger partial charge in [0.05, 0.1) is 13.7 Å². The first-order valence-electron chi connectivity index (χ1n) is 8.19. The lowest BCUT2D eigenvalue weighted by atomic mass is 10.1. The van der Waals surface area contributed by atoms with Gasteiger partial charge in [0.1, 0.15) is 30.2 Å². The molecular weight excluding hydrogens is 324 g/mol. The van der Waals surface area contributed by atoms with Gasteiger partial charge in [0.2, 0.25) is 0 Å². The SMILES string of the molecule is C=C[C@@H]1O[C@H](c2ccc(OC)cc2)OC[C@H]1OCC(=O)OC(C)(C)C. The van der Waals surface area contributed by atoms with Crippen LogP contribution in [0.3, 0.4) is 0 Å². The summed E-state index contributed by atoms with van der Waals surface area (Å²) in [5.41, 5.74) is 0.329. The highest BCUT2D eigenvalue weighted by molar-refractivity contribution is 5.71. The van der Waals surface area contributed by atoms with Crippen molar-refractivity contribution < 1.29 is 28.5 Å². The molecule has 1 aliphatic heterocycles. The van der Waals surface area contributed by atoms with Crippen LogP contribution in [-0.2, 0) is 23.7 Å². The van der Waals surface area contributed by atoms with Gasteiger partial charge in [-0.1, -0.05) is 18.2 Å². The van der Waals surface area contributed by atoms with E-state index in [1.807, 2.05) is 45.0 Å². The van der Waals surface area contributed by atoms with Crippen LogP contribution >= 0.6 is 0 Å². The van der Waals surface area contributed by atoms with Crippen LogP contribution in [0.2, 0.25) is 0 Å². The second-order valence-corrected chi connectivity index (χ2v) is 6.71. The Morgan fingerprint density at radius 3 is 2.56 bits per heavy atom. The second kappa shape index (κ2) is 8.47. The lowest BCUT2D eigenvalue weighted by Gasteiger charge is -2.35. The Hall–Kier alpha value is -1.89. The van der Waals surface area contributed by atoms with Gasteiger partial charge in [0.15, 0.2) is 6.29 Å². The van der Waals surface area contributed by atoms with Gasteiger partial charge in [-0.05, 0) is 32.9 Å². The molecular formula is C19H26O6. The Balaban J connectivity index is 1.90. The van der Waals surface area contributed by atoms with Crippen LogP contribution in [0, 0.1) is 0 Å². The van der Waals surface area contributed by atoms with Crippen LogP contribution in [0.15, 0.2) is 36.9 Å². The van der Waals surface area contributed by atoms with Crippen LogP contribution in [0.25, 0.3) is 0 Å². The highest BCUT2D eigenvalue weighted by Crippen LogP contribution is 2.29. The average molecular weight is 350 g/mol. The summed E-state index contributed by atoms with van der Waals surface area (Å²) in [5.74, 6) is 0.339. The van der Waals surface area contributed by atoms with Gasteiger partial charge in [0.25, 0.3) is 0 Å². The first-order valence-corrected chi connectivity index (χ1v) is 8.19. The number of hydrogen-bond donors (Lipinski definition) is 0. The number of carbonyl (C=O) groups excluding carboxylic acids is 1. The maximum Gasteiger partial charge on any atom is 0.332 e. The van der Waals surface area contributed by atoms with Crippen molar-refractivity contribution in [2.75, 3.05) is 20.3 Å². The second-order valence-electron chi connectivity index (χ2n) is 6.71. The van der Waals surface area contributed by atoms with Crippen molar-refractivity contribution in [1.29, 1.82) is 0 Å². The maximum atomic E-state index is 11.8. The van der Waals surface area contributed by atoms with Gasteiger partial charge >= 0.3 is 5.97 Å². The van der Waals surface area contributed by atoms with Crippen molar-refractivity contribution >= 4 is 5.97 Å². The monoisotopic (exact) mass is 350 g/mol. The van der Waals surface area contributed by atoms with Crippen molar-refractivity contribution in [3.63, 3.8) is 0 Å². The molecule has 0 bridgehead atoms. The van der Waals surface area contributed by atoms with Crippen molar-refractivity contribution in [2.45, 2.75) is 44.9 Å². The van der Waals surface area contributed by atoms with Crippen LogP contribution in [0.4, 0.5) is 0 Å². The largest absolute Gasteiger partial charge is 0.497 e. The molecule has 1 heterocycles. The number of rotatable bonds is 6. The van der Waals surface area contributed by atoms with E-state index >= 15 is 0 Å². The van der Waals surface area contributed by atoms with E-state index in [-0.39, 0.29) is 19.3 Å². The fraction of sp³-hybridized carbons (Fsp3) is 0.526. The van der Waals surface area contributed by atoms with Crippen molar-refractivity contribution in [2.24, 2.45) is 0 Å². The van der Waals surface area contributed by atoms with E-state index in [2.05, 4.69) is 6.58 Å². The van der Waals surface area contributed by atoms with Crippen LogP contribution in [0.5, 0.6) is 5.75 Å². The number of carbonyl (C=O) groups is 1. The van der Waals surface area contributed by atoms with Crippen LogP contribution in [-0.4, -0.2) is 44.1 Å². The quantitative estimate of drug-likeness (QED) is 0.580. The third-order valence-electron chi connectivity index (χ3n) is 3.51. The zero-order chi connectivity index (χ0) is 18.4. The molecule has 1 saturated heterocycles. The van der Waals surface area contributed by atoms with Gasteiger partial charge in [-0.3, -0.25) is 0 Å². The van der Waals surface area contributed by atoms with E-state index < -0.39 is 24.0 Å². The fourth-order valence-electron chi connectivity index (χ4n) is 2.38. The third kappa shape index (κ3) is 5.85. The zero-order valence-corrected chi connectivity index (χ0v) is 15.2. The van der Waals surface area contributed by atoms with E-state index in [1.54, 1.807) is 13.2 Å². The average Bonchev–Trinajstić information content (AvgIpc) is 2.58. The predicted octanol–water partition coefficient (Wildman–Crippen LogP) is 3.02. The molecule has 138 valence electrons. The number of hydrogen-bond acceptors (Lipinski definition) is 6. The molecule has 1 aromatic carbocycles. The number of esters is 1. The summed E-state index contributed by atoms with van der Waals surface area (Å²) < 4.78 is 27.6. The molecule has 1 aromatic rings. The van der Waals surface area contributed by atoms with Gasteiger partial charge in [0, 0.05) is 5.56 Å². The molecule has 1 fully saturated rings. The molecule has 0 amide bonds. The molecule has 0 unspecified atom stereocenters. The van der Waals surface area contributed by atoms with Gasteiger partial charge in [-0.15, -0.1) is 6.58 Å². The molecule has 1 aliphatic rings. The van der Waals surface area contributed by atoms with Crippen molar-refractivity contribution in [1.82, 2.24) is 0 Å². The summed E-state index contributed by atoms with van der Waals surface area (Å²) in [6.45, 7) is 9.33. The highest BCUT2D eigenvalue weighted by Gasteiger charge is 2.32. The zero-order valence-electron chi connectivity index (χ0n) is 15.2. The van der Waals surface area contributed by atoms with E-state index in [0.29, 0.717) is 0 Å². The summed E-state index contributed by atoms with van der Waals surface area (Å²) in [5, 5.41) is 0. The van der Waals surface area contributed by atoms with Gasteiger partial charge < -0.3 is 23.7 Å². The third-order valence-corrected chi connectivity index (χ3v) is 3.51. The fourth-order valence-corrected chi connectivity index (χ4v) is 2.38. The predicted molar refractivity (Wildman–Crippen MR) is 92.3 cm³/mol. The minimum atomic E-state index is -0.544. The molecule has 3 atom stereocenters. The Bertz CT molecular complexity index is 575. The molecule has 0 aliphatic carbocycles. The summed E-state index contributed by atoms with van der Waals surface area (Å²) >= 11 is 0. The Kier molecular flexibility index (Phi) is 6.58. The summed E-state index contributed by atoms with van der Waals surface area (Å²) in [6, 6.07) is 7.45. The molecule has 0 N–H and O–H groups in total. The first kappa shape index (κ1) is 19.4. The minimum Gasteiger partial charge on any atom is -0.497 e. The molecule has 6 nitrogen and oxygen atoms in total. The van der Waals surface area contributed by atoms with Crippen LogP contribution in [0.1, 0.15) is 32.6 Å². The van der Waals surface area contributed by atoms with Gasteiger partial charge in [-0.25, -0.2) is 4.79 Å². The molecule has 0 saturated carbocycles. The Morgan fingerprint density at radius 2 is 2.00 bits per heavy atom. The minimum absolute atomic E-state index is 0.161. The number of ether oxygens (including phenoxy) is 5. The first-order chi connectivity index (χ1) is 11.8. The molecule has 0 spiro atoms. The normalized spacial score (nSPS) is 23.8. The molecule has 0 radical (unpaired) electrons. The summed E-state index contributed by atoms with van der Waals surface area (Å²) in [4.78, 5) is 11.8. The van der Waals surface area contributed by atoms with E-state index in [9.17, 15) is 4.79 Å². The topological polar surface area (TPSA) is 63.2 Å².